The predicted molar refractivity (Wildman–Crippen MR) is 125 cm³/mol. The summed E-state index contributed by atoms with van der Waals surface area (Å²) in [7, 11) is -3.77. The van der Waals surface area contributed by atoms with Gasteiger partial charge in [-0.15, -0.1) is 11.3 Å². The fourth-order valence-corrected chi connectivity index (χ4v) is 4.84. The van der Waals surface area contributed by atoms with E-state index in [9.17, 15) is 18.0 Å². The number of nitrogens with zero attached hydrogens (tertiary/aromatic N) is 1. The third kappa shape index (κ3) is 5.21. The molecule has 8 nitrogen and oxygen atoms in total. The molecule has 2 aromatic carbocycles. The van der Waals surface area contributed by atoms with Crippen LogP contribution in [0.25, 0.3) is 0 Å². The maximum Gasteiger partial charge on any atom is 0.265 e. The third-order valence-corrected chi connectivity index (χ3v) is 6.93. The molecule has 0 atom stereocenters. The first-order valence-corrected chi connectivity index (χ1v) is 12.2. The van der Waals surface area contributed by atoms with E-state index in [1.54, 1.807) is 48.5 Å². The highest BCUT2D eigenvalue weighted by Gasteiger charge is 2.19. The molecule has 4 rings (SSSR count). The lowest BCUT2D eigenvalue weighted by atomic mass is 10.2. The SMILES string of the molecule is O=C(Nc1cccc(S(=O)(=O)NC2=NCCC2)c1)c1ccc(NC(=O)c2cccs2)cc1. The van der Waals surface area contributed by atoms with Gasteiger partial charge in [-0.2, -0.15) is 0 Å². The van der Waals surface area contributed by atoms with Gasteiger partial charge in [-0.1, -0.05) is 12.1 Å². The third-order valence-electron chi connectivity index (χ3n) is 4.68. The molecule has 0 fully saturated rings. The number of thiophene rings is 1. The molecule has 0 bridgehead atoms. The summed E-state index contributed by atoms with van der Waals surface area (Å²) in [5.41, 5.74) is 1.28. The lowest BCUT2D eigenvalue weighted by Gasteiger charge is -2.10. The summed E-state index contributed by atoms with van der Waals surface area (Å²) in [5, 5.41) is 7.29. The van der Waals surface area contributed by atoms with Gasteiger partial charge < -0.3 is 10.6 Å². The number of aliphatic imine (C=N–C) groups is 1. The molecular formula is C22H20N4O4S2. The van der Waals surface area contributed by atoms with Gasteiger partial charge in [-0.3, -0.25) is 19.3 Å². The monoisotopic (exact) mass is 468 g/mol. The average Bonchev–Trinajstić information content (AvgIpc) is 3.48. The van der Waals surface area contributed by atoms with Crippen LogP contribution in [0.2, 0.25) is 0 Å². The second-order valence-electron chi connectivity index (χ2n) is 7.03. The van der Waals surface area contributed by atoms with Crippen LogP contribution in [0.15, 0.2) is 75.9 Å². The van der Waals surface area contributed by atoms with Gasteiger partial charge >= 0.3 is 0 Å². The van der Waals surface area contributed by atoms with Crippen LogP contribution in [0.3, 0.4) is 0 Å². The molecule has 1 aliphatic rings. The summed E-state index contributed by atoms with van der Waals surface area (Å²) in [6.07, 6.45) is 1.42. The Balaban J connectivity index is 1.41. The zero-order chi connectivity index (χ0) is 22.6. The van der Waals surface area contributed by atoms with Crippen LogP contribution in [0.1, 0.15) is 32.9 Å². The van der Waals surface area contributed by atoms with Crippen LogP contribution in [0.4, 0.5) is 11.4 Å². The Labute approximate surface area is 189 Å². The zero-order valence-corrected chi connectivity index (χ0v) is 18.5. The number of carbonyl (C=O) groups excluding carboxylic acids is 2. The maximum atomic E-state index is 12.6. The smallest absolute Gasteiger partial charge is 0.265 e. The van der Waals surface area contributed by atoms with Crippen molar-refractivity contribution < 1.29 is 18.0 Å². The lowest BCUT2D eigenvalue weighted by Crippen LogP contribution is -2.29. The molecule has 1 aromatic heterocycles. The summed E-state index contributed by atoms with van der Waals surface area (Å²) in [6.45, 7) is 0.616. The first kappa shape index (κ1) is 21.7. The molecule has 164 valence electrons. The molecular weight excluding hydrogens is 448 g/mol. The molecule has 3 N–H and O–H groups in total. The Morgan fingerprint density at radius 2 is 1.69 bits per heavy atom. The van der Waals surface area contributed by atoms with Crippen LogP contribution in [-0.4, -0.2) is 32.6 Å². The van der Waals surface area contributed by atoms with Crippen molar-refractivity contribution in [3.63, 3.8) is 0 Å². The van der Waals surface area contributed by atoms with Crippen LogP contribution >= 0.6 is 11.3 Å². The Morgan fingerprint density at radius 1 is 0.906 bits per heavy atom. The average molecular weight is 469 g/mol. The molecule has 2 heterocycles. The molecule has 3 aromatic rings. The standard InChI is InChI=1S/C22H20N4O4S2/c27-21(15-8-10-16(11-9-15)24-22(28)19-6-3-13-31-19)25-17-4-1-5-18(14-17)32(29,30)26-20-7-2-12-23-20/h1,3-6,8-11,13-14H,2,7,12H2,(H,23,26)(H,24,28)(H,25,27). The molecule has 10 heteroatoms. The number of sulfonamides is 1. The van der Waals surface area contributed by atoms with Gasteiger partial charge in [0.15, 0.2) is 0 Å². The fourth-order valence-electron chi connectivity index (χ4n) is 3.09. The number of rotatable bonds is 6. The van der Waals surface area contributed by atoms with E-state index in [0.29, 0.717) is 40.6 Å². The number of hydrogen-bond donors (Lipinski definition) is 3. The summed E-state index contributed by atoms with van der Waals surface area (Å²) in [4.78, 5) is 29.5. The molecule has 0 aliphatic carbocycles. The number of amidine groups is 1. The number of benzene rings is 2. The highest BCUT2D eigenvalue weighted by Crippen LogP contribution is 2.19. The van der Waals surface area contributed by atoms with E-state index < -0.39 is 15.9 Å². The molecule has 0 saturated heterocycles. The van der Waals surface area contributed by atoms with Gasteiger partial charge in [0, 0.05) is 29.9 Å². The molecule has 32 heavy (non-hydrogen) atoms. The second-order valence-corrected chi connectivity index (χ2v) is 9.66. The quantitative estimate of drug-likeness (QED) is 0.511. The number of nitrogens with one attached hydrogen (secondary N) is 3. The van der Waals surface area contributed by atoms with Gasteiger partial charge in [-0.05, 0) is 60.3 Å². The van der Waals surface area contributed by atoms with E-state index >= 15 is 0 Å². The van der Waals surface area contributed by atoms with E-state index in [-0.39, 0.29) is 10.8 Å². The van der Waals surface area contributed by atoms with Crippen molar-refractivity contribution in [2.45, 2.75) is 17.7 Å². The van der Waals surface area contributed by atoms with Crippen molar-refractivity contribution in [1.29, 1.82) is 0 Å². The highest BCUT2D eigenvalue weighted by atomic mass is 32.2. The van der Waals surface area contributed by atoms with Crippen molar-refractivity contribution in [1.82, 2.24) is 4.72 Å². The Hall–Kier alpha value is -3.50. The van der Waals surface area contributed by atoms with Gasteiger partial charge in [0.05, 0.1) is 9.77 Å². The summed E-state index contributed by atoms with van der Waals surface area (Å²) in [5.74, 6) is -0.165. The number of anilines is 2. The Kier molecular flexibility index (Phi) is 6.33. The first-order valence-electron chi connectivity index (χ1n) is 9.83. The van der Waals surface area contributed by atoms with E-state index in [4.69, 9.17) is 0 Å². The predicted octanol–water partition coefficient (Wildman–Crippen LogP) is 3.72. The van der Waals surface area contributed by atoms with Crippen molar-refractivity contribution in [2.75, 3.05) is 17.2 Å². The highest BCUT2D eigenvalue weighted by molar-refractivity contribution is 7.90. The van der Waals surface area contributed by atoms with Crippen LogP contribution < -0.4 is 15.4 Å². The summed E-state index contributed by atoms with van der Waals surface area (Å²) in [6, 6.07) is 16.0. The normalized spacial score (nSPS) is 13.3. The zero-order valence-electron chi connectivity index (χ0n) is 16.9. The second kappa shape index (κ2) is 9.33. The molecule has 2 amide bonds. The molecule has 0 radical (unpaired) electrons. The minimum Gasteiger partial charge on any atom is -0.322 e. The van der Waals surface area contributed by atoms with E-state index in [2.05, 4.69) is 20.3 Å². The number of hydrogen-bond acceptors (Lipinski definition) is 6. The van der Waals surface area contributed by atoms with Crippen molar-refractivity contribution >= 4 is 50.4 Å². The van der Waals surface area contributed by atoms with Crippen LogP contribution in [0.5, 0.6) is 0 Å². The van der Waals surface area contributed by atoms with Crippen molar-refractivity contribution in [3.05, 3.63) is 76.5 Å². The van der Waals surface area contributed by atoms with Gasteiger partial charge in [-0.25, -0.2) is 8.42 Å². The van der Waals surface area contributed by atoms with Gasteiger partial charge in [0.1, 0.15) is 5.84 Å². The summed E-state index contributed by atoms with van der Waals surface area (Å²) < 4.78 is 27.6. The van der Waals surface area contributed by atoms with E-state index in [1.165, 1.54) is 23.5 Å². The molecule has 1 aliphatic heterocycles. The minimum atomic E-state index is -3.77. The van der Waals surface area contributed by atoms with Crippen LogP contribution in [-0.2, 0) is 10.0 Å². The van der Waals surface area contributed by atoms with Gasteiger partial charge in [0.25, 0.3) is 21.8 Å². The largest absolute Gasteiger partial charge is 0.322 e. The molecule has 0 saturated carbocycles. The Morgan fingerprint density at radius 3 is 2.38 bits per heavy atom. The topological polar surface area (TPSA) is 117 Å². The maximum absolute atomic E-state index is 12.6. The van der Waals surface area contributed by atoms with E-state index in [1.807, 2.05) is 5.38 Å². The van der Waals surface area contributed by atoms with E-state index in [0.717, 1.165) is 6.42 Å². The number of amides is 2. The van der Waals surface area contributed by atoms with Crippen molar-refractivity contribution in [2.24, 2.45) is 4.99 Å². The summed E-state index contributed by atoms with van der Waals surface area (Å²) >= 11 is 1.34. The molecule has 0 unspecified atom stereocenters. The lowest BCUT2D eigenvalue weighted by molar-refractivity contribution is 0.102. The molecule has 0 spiro atoms. The first-order chi connectivity index (χ1) is 15.4. The van der Waals surface area contributed by atoms with Crippen molar-refractivity contribution in [3.8, 4) is 0 Å². The fraction of sp³-hybridized carbons (Fsp3) is 0.136. The minimum absolute atomic E-state index is 0.0385. The number of carbonyl (C=O) groups is 2. The Bertz CT molecular complexity index is 1270. The van der Waals surface area contributed by atoms with Gasteiger partial charge in [0.2, 0.25) is 0 Å². The van der Waals surface area contributed by atoms with Crippen LogP contribution in [0, 0.1) is 0 Å².